The lowest BCUT2D eigenvalue weighted by Crippen LogP contribution is -2.42. The molecule has 0 radical (unpaired) electrons. The van der Waals surface area contributed by atoms with E-state index in [1.54, 1.807) is 13.2 Å². The molecule has 1 atom stereocenters. The summed E-state index contributed by atoms with van der Waals surface area (Å²) in [7, 11) is 1.65. The number of rotatable bonds is 4. The quantitative estimate of drug-likeness (QED) is 0.659. The molecule has 0 aliphatic carbocycles. The number of nitrogens with two attached hydrogens (primary N) is 1. The Labute approximate surface area is 174 Å². The van der Waals surface area contributed by atoms with Gasteiger partial charge in [-0.25, -0.2) is 0 Å². The standard InChI is InChI=1S/C23H24N4O3/c1-29-20-9-8-16-22(28)21(11-19-15-6-2-3-7-18(15)25-26-19)30-23(16)17(20)13-27-10-4-5-14(24)12-27/h2-3,6-9,11,14,28H,4-5,10,12-13,24H2,1H3/b19-11+/t14-/m0/s1. The van der Waals surface area contributed by atoms with Crippen molar-refractivity contribution in [1.29, 1.82) is 0 Å². The van der Waals surface area contributed by atoms with E-state index in [1.165, 1.54) is 0 Å². The van der Waals surface area contributed by atoms with Crippen LogP contribution in [0.4, 0.5) is 5.69 Å². The molecule has 3 heterocycles. The number of hydrogen-bond acceptors (Lipinski definition) is 7. The molecule has 0 spiro atoms. The molecule has 0 bridgehead atoms. The average Bonchev–Trinajstić information content (AvgIpc) is 3.30. The number of hydrogen-bond donors (Lipinski definition) is 2. The molecule has 154 valence electrons. The smallest absolute Gasteiger partial charge is 0.172 e. The second-order valence-corrected chi connectivity index (χ2v) is 7.82. The van der Waals surface area contributed by atoms with Gasteiger partial charge in [0.2, 0.25) is 0 Å². The van der Waals surface area contributed by atoms with Crippen LogP contribution in [0.1, 0.15) is 29.7 Å². The molecule has 2 aliphatic rings. The van der Waals surface area contributed by atoms with Gasteiger partial charge in [0.25, 0.3) is 0 Å². The third-order valence-corrected chi connectivity index (χ3v) is 5.77. The number of ether oxygens (including phenoxy) is 1. The summed E-state index contributed by atoms with van der Waals surface area (Å²) in [6.45, 7) is 2.47. The van der Waals surface area contributed by atoms with Crippen LogP contribution >= 0.6 is 0 Å². The summed E-state index contributed by atoms with van der Waals surface area (Å²) < 4.78 is 11.8. The number of methoxy groups -OCH3 is 1. The zero-order chi connectivity index (χ0) is 20.7. The summed E-state index contributed by atoms with van der Waals surface area (Å²) in [6, 6.07) is 11.6. The monoisotopic (exact) mass is 404 g/mol. The highest BCUT2D eigenvalue weighted by atomic mass is 16.5. The van der Waals surface area contributed by atoms with Crippen molar-refractivity contribution in [2.24, 2.45) is 16.0 Å². The fraction of sp³-hybridized carbons (Fsp3) is 0.304. The maximum atomic E-state index is 10.8. The van der Waals surface area contributed by atoms with E-state index in [4.69, 9.17) is 14.9 Å². The highest BCUT2D eigenvalue weighted by Crippen LogP contribution is 2.42. The van der Waals surface area contributed by atoms with E-state index in [-0.39, 0.29) is 11.8 Å². The fourth-order valence-electron chi connectivity index (χ4n) is 4.27. The van der Waals surface area contributed by atoms with Gasteiger partial charge in [0, 0.05) is 30.8 Å². The predicted molar refractivity (Wildman–Crippen MR) is 116 cm³/mol. The van der Waals surface area contributed by atoms with Crippen molar-refractivity contribution in [1.82, 2.24) is 4.90 Å². The molecule has 3 aromatic rings. The molecule has 1 saturated heterocycles. The number of benzene rings is 2. The zero-order valence-electron chi connectivity index (χ0n) is 16.8. The van der Waals surface area contributed by atoms with Crippen molar-refractivity contribution in [3.8, 4) is 11.5 Å². The molecule has 3 N–H and O–H groups in total. The Balaban J connectivity index is 1.57. The summed E-state index contributed by atoms with van der Waals surface area (Å²) in [5.41, 5.74) is 10.1. The van der Waals surface area contributed by atoms with E-state index in [0.29, 0.717) is 29.0 Å². The molecule has 0 amide bonds. The first kappa shape index (κ1) is 18.8. The van der Waals surface area contributed by atoms with Crippen LogP contribution < -0.4 is 10.5 Å². The van der Waals surface area contributed by atoms with Crippen LogP contribution in [0, 0.1) is 0 Å². The summed E-state index contributed by atoms with van der Waals surface area (Å²) >= 11 is 0. The van der Waals surface area contributed by atoms with E-state index in [9.17, 15) is 5.11 Å². The second-order valence-electron chi connectivity index (χ2n) is 7.82. The Hall–Kier alpha value is -3.16. The van der Waals surface area contributed by atoms with E-state index >= 15 is 0 Å². The van der Waals surface area contributed by atoms with Crippen LogP contribution in [0.2, 0.25) is 0 Å². The highest BCUT2D eigenvalue weighted by Gasteiger charge is 2.24. The minimum atomic E-state index is 0.0938. The molecular weight excluding hydrogens is 380 g/mol. The van der Waals surface area contributed by atoms with Crippen LogP contribution in [0.5, 0.6) is 11.5 Å². The van der Waals surface area contributed by atoms with Crippen LogP contribution in [0.25, 0.3) is 22.7 Å². The Kier molecular flexibility index (Phi) is 4.77. The third kappa shape index (κ3) is 3.26. The van der Waals surface area contributed by atoms with Crippen molar-refractivity contribution in [3.05, 3.63) is 53.3 Å². The Morgan fingerprint density at radius 3 is 2.97 bits per heavy atom. The Morgan fingerprint density at radius 2 is 2.13 bits per heavy atom. The molecule has 1 aromatic heterocycles. The van der Waals surface area contributed by atoms with Crippen molar-refractivity contribution < 1.29 is 14.3 Å². The molecule has 1 fully saturated rings. The number of nitrogens with zero attached hydrogens (tertiary/aromatic N) is 3. The average molecular weight is 404 g/mol. The van der Waals surface area contributed by atoms with Gasteiger partial charge in [-0.15, -0.1) is 10.2 Å². The molecule has 0 saturated carbocycles. The molecule has 0 unspecified atom stereocenters. The van der Waals surface area contributed by atoms with Crippen molar-refractivity contribution in [2.75, 3.05) is 20.2 Å². The first-order valence-electron chi connectivity index (χ1n) is 10.2. The largest absolute Gasteiger partial charge is 0.504 e. The zero-order valence-corrected chi connectivity index (χ0v) is 16.8. The number of furan rings is 1. The van der Waals surface area contributed by atoms with E-state index in [0.717, 1.165) is 48.5 Å². The van der Waals surface area contributed by atoms with E-state index in [1.807, 2.05) is 36.4 Å². The van der Waals surface area contributed by atoms with Crippen LogP contribution in [-0.2, 0) is 6.54 Å². The minimum absolute atomic E-state index is 0.0938. The lowest BCUT2D eigenvalue weighted by Gasteiger charge is -2.30. The summed E-state index contributed by atoms with van der Waals surface area (Å²) in [5, 5.41) is 19.9. The van der Waals surface area contributed by atoms with Gasteiger partial charge >= 0.3 is 0 Å². The highest BCUT2D eigenvalue weighted by molar-refractivity contribution is 5.95. The minimum Gasteiger partial charge on any atom is -0.504 e. The SMILES string of the molecule is COc1ccc2c(O)c(/C=C3/N=Nc4ccccc43)oc2c1CN1CCC[C@H](N)C1. The molecule has 7 heteroatoms. The lowest BCUT2D eigenvalue weighted by molar-refractivity contribution is 0.199. The van der Waals surface area contributed by atoms with Gasteiger partial charge in [0.15, 0.2) is 11.5 Å². The number of likely N-dealkylation sites (tertiary alicyclic amines) is 1. The van der Waals surface area contributed by atoms with Gasteiger partial charge in [-0.05, 0) is 37.6 Å². The van der Waals surface area contributed by atoms with Crippen LogP contribution in [0.3, 0.4) is 0 Å². The summed E-state index contributed by atoms with van der Waals surface area (Å²) in [6.07, 6.45) is 3.86. The molecule has 2 aromatic carbocycles. The Bertz CT molecular complexity index is 1160. The van der Waals surface area contributed by atoms with Gasteiger partial charge in [-0.1, -0.05) is 18.2 Å². The maximum absolute atomic E-state index is 10.8. The number of aromatic hydroxyl groups is 1. The number of piperidine rings is 1. The van der Waals surface area contributed by atoms with E-state index in [2.05, 4.69) is 15.1 Å². The topological polar surface area (TPSA) is 96.6 Å². The molecular formula is C23H24N4O3. The molecule has 2 aliphatic heterocycles. The van der Waals surface area contributed by atoms with Crippen molar-refractivity contribution >= 4 is 28.4 Å². The maximum Gasteiger partial charge on any atom is 0.172 e. The fourth-order valence-corrected chi connectivity index (χ4v) is 4.27. The summed E-state index contributed by atoms with van der Waals surface area (Å²) in [4.78, 5) is 2.31. The Morgan fingerprint density at radius 1 is 1.27 bits per heavy atom. The summed E-state index contributed by atoms with van der Waals surface area (Å²) in [5.74, 6) is 1.19. The first-order valence-corrected chi connectivity index (χ1v) is 10.2. The van der Waals surface area contributed by atoms with Crippen molar-refractivity contribution in [2.45, 2.75) is 25.4 Å². The molecule has 30 heavy (non-hydrogen) atoms. The molecule has 7 nitrogen and oxygen atoms in total. The van der Waals surface area contributed by atoms with Crippen molar-refractivity contribution in [3.63, 3.8) is 0 Å². The molecule has 5 rings (SSSR count). The second kappa shape index (κ2) is 7.59. The number of azo groups is 1. The van der Waals surface area contributed by atoms with Gasteiger partial charge in [-0.3, -0.25) is 4.90 Å². The van der Waals surface area contributed by atoms with Gasteiger partial charge < -0.3 is 20.0 Å². The van der Waals surface area contributed by atoms with Gasteiger partial charge in [0.05, 0.1) is 29.4 Å². The first-order chi connectivity index (χ1) is 14.6. The van der Waals surface area contributed by atoms with Gasteiger partial charge in [-0.2, -0.15) is 0 Å². The predicted octanol–water partition coefficient (Wildman–Crippen LogP) is 4.67. The van der Waals surface area contributed by atoms with E-state index < -0.39 is 0 Å². The van der Waals surface area contributed by atoms with Crippen LogP contribution in [-0.4, -0.2) is 36.2 Å². The normalized spacial score (nSPS) is 20.2. The van der Waals surface area contributed by atoms with Gasteiger partial charge in [0.1, 0.15) is 11.3 Å². The lowest BCUT2D eigenvalue weighted by atomic mass is 10.0. The van der Waals surface area contributed by atoms with Crippen LogP contribution in [0.15, 0.2) is 51.0 Å². The third-order valence-electron chi connectivity index (χ3n) is 5.77. The number of fused-ring (bicyclic) bond motifs is 2.